The Morgan fingerprint density at radius 2 is 1.64 bits per heavy atom. The zero-order valence-electron chi connectivity index (χ0n) is 36.4. The van der Waals surface area contributed by atoms with Crippen molar-refractivity contribution in [3.05, 3.63) is 53.8 Å². The van der Waals surface area contributed by atoms with Gasteiger partial charge in [-0.05, 0) is 98.3 Å². The molecule has 0 radical (unpaired) electrons. The fourth-order valence-corrected chi connectivity index (χ4v) is 14.8. The average molecular weight is 825 g/mol. The number of hydrogen-bond donors (Lipinski definition) is 1. The third-order valence-electron chi connectivity index (χ3n) is 12.8. The number of hydrogen-bond acceptors (Lipinski definition) is 9. The van der Waals surface area contributed by atoms with E-state index in [1.165, 1.54) is 0 Å². The summed E-state index contributed by atoms with van der Waals surface area (Å²) in [5.74, 6) is 4.23. The first-order chi connectivity index (χ1) is 28.0. The van der Waals surface area contributed by atoms with Crippen LogP contribution in [0.4, 0.5) is 15.0 Å². The predicted molar refractivity (Wildman–Crippen MR) is 234 cm³/mol. The van der Waals surface area contributed by atoms with Gasteiger partial charge in [-0.15, -0.1) is 5.54 Å². The molecule has 1 aliphatic carbocycles. The summed E-state index contributed by atoms with van der Waals surface area (Å²) in [6.07, 6.45) is 3.04. The molecular formula is C47H61FN4O6Si. The molecule has 0 spiro atoms. The Hall–Kier alpha value is -4.44. The fourth-order valence-electron chi connectivity index (χ4n) is 9.61. The molecule has 1 aromatic heterocycles. The summed E-state index contributed by atoms with van der Waals surface area (Å²) in [6.45, 7) is 20.7. The number of carbonyl (C=O) groups is 1. The van der Waals surface area contributed by atoms with E-state index in [1.54, 1.807) is 13.2 Å². The largest absolute Gasteiger partial charge is 0.468 e. The lowest BCUT2D eigenvalue weighted by Gasteiger charge is -2.42. The molecule has 3 heterocycles. The summed E-state index contributed by atoms with van der Waals surface area (Å²) in [5.41, 5.74) is 6.22. The number of carbonyl (C=O) groups excluding carboxylic acids is 1. The summed E-state index contributed by atoms with van der Waals surface area (Å²) < 4.78 is 41.0. The molecule has 7 rings (SSSR count). The Labute approximate surface area is 349 Å². The first-order valence-electron chi connectivity index (χ1n) is 21.2. The Morgan fingerprint density at radius 1 is 0.966 bits per heavy atom. The van der Waals surface area contributed by atoms with E-state index in [0.29, 0.717) is 57.8 Å². The van der Waals surface area contributed by atoms with Crippen LogP contribution < -0.4 is 14.4 Å². The van der Waals surface area contributed by atoms with E-state index in [9.17, 15) is 9.90 Å². The van der Waals surface area contributed by atoms with Crippen molar-refractivity contribution in [1.29, 1.82) is 0 Å². The number of anilines is 1. The van der Waals surface area contributed by atoms with Gasteiger partial charge in [-0.1, -0.05) is 65.7 Å². The van der Waals surface area contributed by atoms with E-state index in [2.05, 4.69) is 57.9 Å². The monoisotopic (exact) mass is 824 g/mol. The van der Waals surface area contributed by atoms with Crippen molar-refractivity contribution in [3.63, 3.8) is 0 Å². The van der Waals surface area contributed by atoms with E-state index in [1.807, 2.05) is 62.1 Å². The second-order valence-electron chi connectivity index (χ2n) is 18.8. The molecule has 2 saturated heterocycles. The minimum Gasteiger partial charge on any atom is -0.468 e. The van der Waals surface area contributed by atoms with Crippen LogP contribution in [0.5, 0.6) is 11.8 Å². The number of aliphatic hydroxyl groups excluding tert-OH is 1. The van der Waals surface area contributed by atoms with Crippen LogP contribution >= 0.6 is 0 Å². The maximum atomic E-state index is 17.7. The lowest BCUT2D eigenvalue weighted by Crippen LogP contribution is -2.57. The second kappa shape index (κ2) is 16.5. The number of ether oxygens (including phenoxy) is 4. The van der Waals surface area contributed by atoms with Crippen molar-refractivity contribution in [2.45, 2.75) is 122 Å². The van der Waals surface area contributed by atoms with Gasteiger partial charge >= 0.3 is 12.1 Å². The Balaban J connectivity index is 1.38. The number of rotatable bonds is 12. The number of methoxy groups -OCH3 is 1. The quantitative estimate of drug-likeness (QED) is 0.0849. The highest BCUT2D eigenvalue weighted by atomic mass is 28.3. The molecule has 2 aliphatic heterocycles. The smallest absolute Gasteiger partial charge is 0.410 e. The van der Waals surface area contributed by atoms with Crippen molar-refractivity contribution in [3.8, 4) is 34.4 Å². The van der Waals surface area contributed by atoms with Gasteiger partial charge in [0.05, 0.1) is 25.3 Å². The maximum Gasteiger partial charge on any atom is 0.410 e. The van der Waals surface area contributed by atoms with Crippen LogP contribution in [0.3, 0.4) is 0 Å². The number of piperazine rings is 1. The van der Waals surface area contributed by atoms with E-state index < -0.39 is 19.5 Å². The van der Waals surface area contributed by atoms with Crippen molar-refractivity contribution < 1.29 is 33.2 Å². The van der Waals surface area contributed by atoms with Crippen molar-refractivity contribution in [2.75, 3.05) is 45.1 Å². The number of amides is 1. The first-order valence-corrected chi connectivity index (χ1v) is 23.5. The second-order valence-corrected chi connectivity index (χ2v) is 24.4. The standard InChI is InChI=1S/C47H61FN4O6Si/c1-29(2)59(30(3)4,31(5)6)21-18-32-12-11-13-33-22-36(57-28-55-10)23-39(40(32)33)37-16-17-38-42(41(37)48)49-44(56-27-47(26-53)19-20-47)50-43(38)51-24-34-14-15-35(25-51)52(34)45(54)58-46(7,8)9/h11-13,16-17,22-23,29-31,34-35,53H,14-15,19-20,24-28H2,1-10H3. The van der Waals surface area contributed by atoms with Crippen LogP contribution in [0, 0.1) is 22.7 Å². The zero-order chi connectivity index (χ0) is 42.4. The molecule has 4 aromatic rings. The number of fused-ring (bicyclic) bond motifs is 4. The summed E-state index contributed by atoms with van der Waals surface area (Å²) >= 11 is 0. The number of halogens is 1. The topological polar surface area (TPSA) is 106 Å². The molecule has 1 saturated carbocycles. The molecule has 316 valence electrons. The van der Waals surface area contributed by atoms with Gasteiger partial charge in [0.15, 0.2) is 12.6 Å². The summed E-state index contributed by atoms with van der Waals surface area (Å²) in [4.78, 5) is 27.0. The van der Waals surface area contributed by atoms with Gasteiger partial charge < -0.3 is 29.0 Å². The van der Waals surface area contributed by atoms with Gasteiger partial charge in [0.25, 0.3) is 0 Å². The maximum absolute atomic E-state index is 17.7. The van der Waals surface area contributed by atoms with E-state index >= 15 is 4.39 Å². The molecule has 2 bridgehead atoms. The van der Waals surface area contributed by atoms with E-state index in [4.69, 9.17) is 28.9 Å². The molecule has 1 N–H and O–H groups in total. The SMILES string of the molecule is COCOc1cc(-c2ccc3c(N4CC5CCC(C4)N5C(=O)OC(C)(C)C)nc(OCC4(CO)CC4)nc3c2F)c2c(C#C[Si](C(C)C)(C(C)C)C(C)C)cccc2c1. The van der Waals surface area contributed by atoms with Crippen LogP contribution in [-0.2, 0) is 9.47 Å². The van der Waals surface area contributed by atoms with Crippen LogP contribution in [0.1, 0.15) is 93.6 Å². The molecule has 3 fully saturated rings. The lowest BCUT2D eigenvalue weighted by molar-refractivity contribution is 0.0122. The molecule has 1 amide bonds. The van der Waals surface area contributed by atoms with Gasteiger partial charge in [-0.2, -0.15) is 9.97 Å². The normalized spacial score (nSPS) is 18.8. The Kier molecular flexibility index (Phi) is 12.0. The molecule has 59 heavy (non-hydrogen) atoms. The molecule has 10 nitrogen and oxygen atoms in total. The van der Waals surface area contributed by atoms with Crippen molar-refractivity contribution in [2.24, 2.45) is 5.41 Å². The highest BCUT2D eigenvalue weighted by Gasteiger charge is 2.46. The predicted octanol–water partition coefficient (Wildman–Crippen LogP) is 9.88. The van der Waals surface area contributed by atoms with Crippen LogP contribution in [0.15, 0.2) is 42.5 Å². The van der Waals surface area contributed by atoms with Crippen LogP contribution in [-0.4, -0.2) is 92.0 Å². The molecular weight excluding hydrogens is 764 g/mol. The summed E-state index contributed by atoms with van der Waals surface area (Å²) in [6, 6.07) is 13.4. The fraction of sp³-hybridized carbons (Fsp3) is 0.553. The highest BCUT2D eigenvalue weighted by Crippen LogP contribution is 2.46. The Bertz CT molecular complexity index is 2240. The first kappa shape index (κ1) is 42.7. The molecule has 3 aliphatic rings. The lowest BCUT2D eigenvalue weighted by atomic mass is 9.93. The summed E-state index contributed by atoms with van der Waals surface area (Å²) in [5, 5.41) is 12.3. The number of nitrogens with zero attached hydrogens (tertiary/aromatic N) is 4. The molecule has 2 atom stereocenters. The van der Waals surface area contributed by atoms with Gasteiger partial charge in [-0.25, -0.2) is 9.18 Å². The average Bonchev–Trinajstić information content (AvgIpc) is 3.91. The van der Waals surface area contributed by atoms with Gasteiger partial charge in [0, 0.05) is 47.5 Å². The molecule has 3 aromatic carbocycles. The minimum atomic E-state index is -2.10. The van der Waals surface area contributed by atoms with Crippen molar-refractivity contribution in [1.82, 2.24) is 14.9 Å². The van der Waals surface area contributed by atoms with Gasteiger partial charge in [0.1, 0.15) is 30.8 Å². The summed E-state index contributed by atoms with van der Waals surface area (Å²) in [7, 11) is -0.535. The number of aromatic nitrogens is 2. The van der Waals surface area contributed by atoms with Crippen molar-refractivity contribution >= 4 is 41.7 Å². The van der Waals surface area contributed by atoms with E-state index in [-0.39, 0.29) is 55.1 Å². The minimum absolute atomic E-state index is 0.00315. The molecule has 2 unspecified atom stereocenters. The van der Waals surface area contributed by atoms with Gasteiger partial charge in [-0.3, -0.25) is 4.90 Å². The molecule has 12 heteroatoms. The Morgan fingerprint density at radius 3 is 2.24 bits per heavy atom. The third kappa shape index (κ3) is 8.35. The highest BCUT2D eigenvalue weighted by molar-refractivity contribution is 6.90. The van der Waals surface area contributed by atoms with Crippen LogP contribution in [0.25, 0.3) is 32.8 Å². The number of aliphatic hydroxyl groups is 1. The zero-order valence-corrected chi connectivity index (χ0v) is 37.4. The number of benzene rings is 3. The van der Waals surface area contributed by atoms with Crippen LogP contribution in [0.2, 0.25) is 16.6 Å². The van der Waals surface area contributed by atoms with E-state index in [0.717, 1.165) is 42.0 Å². The van der Waals surface area contributed by atoms with Gasteiger partial charge in [0.2, 0.25) is 0 Å². The third-order valence-corrected chi connectivity index (χ3v) is 19.1.